The van der Waals surface area contributed by atoms with Crippen LogP contribution < -0.4 is 4.74 Å². The van der Waals surface area contributed by atoms with Crippen LogP contribution in [-0.2, 0) is 9.59 Å². The van der Waals surface area contributed by atoms with Crippen molar-refractivity contribution in [2.75, 3.05) is 7.11 Å². The first-order chi connectivity index (χ1) is 15.6. The summed E-state index contributed by atoms with van der Waals surface area (Å²) in [7, 11) is 1.59. The number of ether oxygens (including phenoxy) is 1. The number of amides is 1. The first kappa shape index (κ1) is 20.3. The van der Waals surface area contributed by atoms with Crippen LogP contribution in [0.5, 0.6) is 5.75 Å². The molecule has 162 valence electrons. The second kappa shape index (κ2) is 8.15. The number of carbonyl (C=O) groups excluding carboxylic acids is 2. The lowest BCUT2D eigenvalue weighted by Crippen LogP contribution is -2.37. The van der Waals surface area contributed by atoms with Crippen LogP contribution in [0.15, 0.2) is 72.3 Å². The van der Waals surface area contributed by atoms with Crippen molar-refractivity contribution in [2.45, 2.75) is 37.8 Å². The van der Waals surface area contributed by atoms with E-state index >= 15 is 0 Å². The second-order valence-corrected chi connectivity index (χ2v) is 8.45. The fourth-order valence-electron chi connectivity index (χ4n) is 5.12. The Morgan fingerprint density at radius 1 is 0.969 bits per heavy atom. The summed E-state index contributed by atoms with van der Waals surface area (Å²) in [4.78, 5) is 28.3. The molecule has 1 unspecified atom stereocenters. The van der Waals surface area contributed by atoms with Crippen molar-refractivity contribution in [2.24, 2.45) is 0 Å². The number of rotatable bonds is 4. The maximum absolute atomic E-state index is 13.3. The molecule has 1 saturated heterocycles. The summed E-state index contributed by atoms with van der Waals surface area (Å²) in [6.07, 6.45) is 3.78. The lowest BCUT2D eigenvalue weighted by Gasteiger charge is -2.31. The Bertz CT molecular complexity index is 1230. The van der Waals surface area contributed by atoms with Gasteiger partial charge in [0.1, 0.15) is 11.5 Å². The smallest absolute Gasteiger partial charge is 0.295 e. The Kier molecular flexibility index (Phi) is 5.17. The molecule has 5 rings (SSSR count). The highest BCUT2D eigenvalue weighted by Crippen LogP contribution is 2.44. The van der Waals surface area contributed by atoms with Gasteiger partial charge in [-0.15, -0.1) is 0 Å². The molecule has 0 radical (unpaired) electrons. The Morgan fingerprint density at radius 2 is 1.69 bits per heavy atom. The number of ketones is 1. The minimum atomic E-state index is -0.646. The van der Waals surface area contributed by atoms with Crippen molar-refractivity contribution in [3.63, 3.8) is 0 Å². The fourth-order valence-corrected chi connectivity index (χ4v) is 5.12. The molecule has 0 bridgehead atoms. The first-order valence-corrected chi connectivity index (χ1v) is 11.0. The number of nitrogens with zero attached hydrogens (tertiary/aromatic N) is 1. The Labute approximate surface area is 186 Å². The average molecular weight is 428 g/mol. The number of aliphatic hydroxyl groups is 1. The number of aliphatic hydroxyl groups excluding tert-OH is 1. The van der Waals surface area contributed by atoms with Gasteiger partial charge in [0, 0.05) is 11.6 Å². The van der Waals surface area contributed by atoms with Crippen molar-refractivity contribution >= 4 is 28.2 Å². The molecule has 1 atom stereocenters. The summed E-state index contributed by atoms with van der Waals surface area (Å²) in [5.41, 5.74) is 1.46. The molecule has 1 aliphatic heterocycles. The maximum Gasteiger partial charge on any atom is 0.295 e. The summed E-state index contributed by atoms with van der Waals surface area (Å²) in [6, 6.07) is 20.1. The van der Waals surface area contributed by atoms with Crippen molar-refractivity contribution in [1.82, 2.24) is 4.90 Å². The highest BCUT2D eigenvalue weighted by atomic mass is 16.5. The van der Waals surface area contributed by atoms with Crippen molar-refractivity contribution < 1.29 is 19.4 Å². The number of carbonyl (C=O) groups is 2. The van der Waals surface area contributed by atoms with Crippen molar-refractivity contribution in [3.8, 4) is 5.75 Å². The number of Topliss-reactive ketones (excluding diaryl/α,β-unsaturated/α-hetero) is 1. The molecular weight excluding hydrogens is 402 g/mol. The van der Waals surface area contributed by atoms with Crippen LogP contribution in [0.2, 0.25) is 0 Å². The molecule has 0 aromatic heterocycles. The van der Waals surface area contributed by atoms with Crippen LogP contribution in [0.4, 0.5) is 0 Å². The first-order valence-electron chi connectivity index (χ1n) is 11.0. The predicted octanol–water partition coefficient (Wildman–Crippen LogP) is 5.21. The van der Waals surface area contributed by atoms with Crippen LogP contribution >= 0.6 is 0 Å². The quantitative estimate of drug-likeness (QED) is 0.352. The van der Waals surface area contributed by atoms with E-state index in [4.69, 9.17) is 4.74 Å². The van der Waals surface area contributed by atoms with Gasteiger partial charge in [0.05, 0.1) is 18.7 Å². The third kappa shape index (κ3) is 3.25. The highest BCUT2D eigenvalue weighted by molar-refractivity contribution is 6.46. The van der Waals surface area contributed by atoms with E-state index in [0.29, 0.717) is 11.3 Å². The zero-order chi connectivity index (χ0) is 22.2. The van der Waals surface area contributed by atoms with Gasteiger partial charge in [-0.1, -0.05) is 67.4 Å². The summed E-state index contributed by atoms with van der Waals surface area (Å²) >= 11 is 0. The van der Waals surface area contributed by atoms with E-state index in [9.17, 15) is 14.7 Å². The third-order valence-electron chi connectivity index (χ3n) is 6.65. The minimum absolute atomic E-state index is 0.0135. The van der Waals surface area contributed by atoms with Crippen molar-refractivity contribution in [3.05, 3.63) is 83.4 Å². The van der Waals surface area contributed by atoms with Gasteiger partial charge >= 0.3 is 0 Å². The van der Waals surface area contributed by atoms with E-state index in [1.807, 2.05) is 60.7 Å². The van der Waals surface area contributed by atoms with Gasteiger partial charge in [0.25, 0.3) is 11.7 Å². The molecule has 0 spiro atoms. The van der Waals surface area contributed by atoms with Gasteiger partial charge in [-0.25, -0.2) is 0 Å². The van der Waals surface area contributed by atoms with E-state index in [1.165, 1.54) is 0 Å². The molecule has 5 heteroatoms. The molecule has 32 heavy (non-hydrogen) atoms. The number of hydrogen-bond donors (Lipinski definition) is 1. The molecule has 1 aliphatic carbocycles. The molecule has 2 fully saturated rings. The van der Waals surface area contributed by atoms with Gasteiger partial charge < -0.3 is 14.7 Å². The lowest BCUT2D eigenvalue weighted by atomic mass is 9.93. The summed E-state index contributed by atoms with van der Waals surface area (Å²) < 4.78 is 5.40. The van der Waals surface area contributed by atoms with Crippen LogP contribution in [0, 0.1) is 0 Å². The third-order valence-corrected chi connectivity index (χ3v) is 6.65. The second-order valence-electron chi connectivity index (χ2n) is 8.45. The minimum Gasteiger partial charge on any atom is -0.507 e. The predicted molar refractivity (Wildman–Crippen MR) is 123 cm³/mol. The average Bonchev–Trinajstić information content (AvgIpc) is 3.45. The topological polar surface area (TPSA) is 66.8 Å². The van der Waals surface area contributed by atoms with E-state index in [0.717, 1.165) is 42.0 Å². The molecular formula is C27H25NO4. The molecule has 3 aromatic carbocycles. The zero-order valence-corrected chi connectivity index (χ0v) is 18.0. The molecule has 3 aromatic rings. The van der Waals surface area contributed by atoms with E-state index in [-0.39, 0.29) is 17.4 Å². The molecule has 1 N–H and O–H groups in total. The Balaban J connectivity index is 1.74. The van der Waals surface area contributed by atoms with E-state index in [2.05, 4.69) is 0 Å². The van der Waals surface area contributed by atoms with Gasteiger partial charge in [0.2, 0.25) is 0 Å². The van der Waals surface area contributed by atoms with Crippen LogP contribution in [-0.4, -0.2) is 34.8 Å². The van der Waals surface area contributed by atoms with Crippen LogP contribution in [0.25, 0.3) is 16.5 Å². The molecule has 1 saturated carbocycles. The molecule has 5 nitrogen and oxygen atoms in total. The molecule has 2 aliphatic rings. The van der Waals surface area contributed by atoms with Gasteiger partial charge in [-0.05, 0) is 41.3 Å². The summed E-state index contributed by atoms with van der Waals surface area (Å²) in [5.74, 6) is -0.653. The Morgan fingerprint density at radius 3 is 2.47 bits per heavy atom. The number of hydrogen-bond acceptors (Lipinski definition) is 4. The standard InChI is InChI=1S/C27H25NO4/c1-32-20-13-6-10-18(16-20)24-23(26(30)27(31)28(24)19-11-3-4-12-19)25(29)22-15-7-9-17-8-2-5-14-21(17)22/h2,5-10,13-16,19,24,29H,3-4,11-12H2,1H3/b25-23-. The fraction of sp³-hybridized carbons (Fsp3) is 0.259. The van der Waals surface area contributed by atoms with Gasteiger partial charge in [-0.2, -0.15) is 0 Å². The lowest BCUT2D eigenvalue weighted by molar-refractivity contribution is -0.141. The Hall–Kier alpha value is -3.60. The highest BCUT2D eigenvalue weighted by Gasteiger charge is 2.49. The maximum atomic E-state index is 13.3. The zero-order valence-electron chi connectivity index (χ0n) is 18.0. The number of likely N-dealkylation sites (tertiary alicyclic amines) is 1. The van der Waals surface area contributed by atoms with Gasteiger partial charge in [0.15, 0.2) is 0 Å². The monoisotopic (exact) mass is 427 g/mol. The number of benzene rings is 3. The van der Waals surface area contributed by atoms with Crippen LogP contribution in [0.1, 0.15) is 42.9 Å². The summed E-state index contributed by atoms with van der Waals surface area (Å²) in [6.45, 7) is 0. The number of fused-ring (bicyclic) bond motifs is 1. The van der Waals surface area contributed by atoms with E-state index in [1.54, 1.807) is 18.1 Å². The van der Waals surface area contributed by atoms with Crippen molar-refractivity contribution in [1.29, 1.82) is 0 Å². The SMILES string of the molecule is COc1cccc(C2/C(=C(/O)c3cccc4ccccc34)C(=O)C(=O)N2C2CCCC2)c1. The van der Waals surface area contributed by atoms with E-state index < -0.39 is 17.7 Å². The normalized spacial score (nSPS) is 20.9. The van der Waals surface area contributed by atoms with Gasteiger partial charge in [-0.3, -0.25) is 9.59 Å². The molecule has 1 heterocycles. The number of methoxy groups -OCH3 is 1. The molecule has 1 amide bonds. The largest absolute Gasteiger partial charge is 0.507 e. The van der Waals surface area contributed by atoms with Crippen LogP contribution in [0.3, 0.4) is 0 Å². The summed E-state index contributed by atoms with van der Waals surface area (Å²) in [5, 5.41) is 13.3.